The van der Waals surface area contributed by atoms with E-state index in [1.807, 2.05) is 24.3 Å². The van der Waals surface area contributed by atoms with Gasteiger partial charge in [-0.2, -0.15) is 0 Å². The zero-order valence-corrected chi connectivity index (χ0v) is 12.3. The summed E-state index contributed by atoms with van der Waals surface area (Å²) in [6.45, 7) is 0.379. The molecule has 2 N–H and O–H groups in total. The molecule has 0 spiro atoms. The van der Waals surface area contributed by atoms with Crippen LogP contribution in [0.3, 0.4) is 0 Å². The first-order valence-electron chi connectivity index (χ1n) is 5.98. The molecule has 3 nitrogen and oxygen atoms in total. The van der Waals surface area contributed by atoms with Crippen molar-refractivity contribution in [3.8, 4) is 0 Å². The van der Waals surface area contributed by atoms with Crippen LogP contribution in [-0.2, 0) is 4.79 Å². The number of amides is 1. The van der Waals surface area contributed by atoms with Gasteiger partial charge in [0.2, 0.25) is 5.91 Å². The van der Waals surface area contributed by atoms with Crippen molar-refractivity contribution in [2.75, 3.05) is 12.3 Å². The standard InChI is InChI=1S/C13H16BrNO2S/c14-10-3-5-11(6-4-10)18-8-13(17)15-7-12(16)9-1-2-9/h3-6,9,12,16H,1-2,7-8H2,(H,15,17). The maximum atomic E-state index is 11.6. The number of hydrogen-bond donors (Lipinski definition) is 2. The summed E-state index contributed by atoms with van der Waals surface area (Å²) < 4.78 is 1.03. The Morgan fingerprint density at radius 3 is 2.72 bits per heavy atom. The average molecular weight is 330 g/mol. The second-order valence-electron chi connectivity index (χ2n) is 4.45. The van der Waals surface area contributed by atoms with Gasteiger partial charge in [-0.1, -0.05) is 15.9 Å². The molecule has 1 aliphatic rings. The third-order valence-electron chi connectivity index (χ3n) is 2.86. The van der Waals surface area contributed by atoms with Crippen molar-refractivity contribution in [2.24, 2.45) is 5.92 Å². The summed E-state index contributed by atoms with van der Waals surface area (Å²) in [5, 5.41) is 12.4. The van der Waals surface area contributed by atoms with E-state index in [1.165, 1.54) is 11.8 Å². The zero-order chi connectivity index (χ0) is 13.0. The highest BCUT2D eigenvalue weighted by molar-refractivity contribution is 9.10. The second kappa shape index (κ2) is 6.59. The molecule has 1 amide bonds. The molecule has 98 valence electrons. The molecule has 18 heavy (non-hydrogen) atoms. The molecule has 0 aromatic heterocycles. The Bertz CT molecular complexity index is 406. The molecule has 0 heterocycles. The van der Waals surface area contributed by atoms with Gasteiger partial charge in [0.25, 0.3) is 0 Å². The topological polar surface area (TPSA) is 49.3 Å². The smallest absolute Gasteiger partial charge is 0.230 e. The number of thioether (sulfide) groups is 1. The van der Waals surface area contributed by atoms with Gasteiger partial charge < -0.3 is 10.4 Å². The minimum Gasteiger partial charge on any atom is -0.391 e. The lowest BCUT2D eigenvalue weighted by molar-refractivity contribution is -0.119. The first-order valence-corrected chi connectivity index (χ1v) is 7.76. The number of carbonyl (C=O) groups excluding carboxylic acids is 1. The number of benzene rings is 1. The molecule has 0 aliphatic heterocycles. The van der Waals surface area contributed by atoms with E-state index in [0.717, 1.165) is 22.2 Å². The van der Waals surface area contributed by atoms with Crippen molar-refractivity contribution in [3.63, 3.8) is 0 Å². The van der Waals surface area contributed by atoms with Crippen LogP contribution < -0.4 is 5.32 Å². The van der Waals surface area contributed by atoms with E-state index in [2.05, 4.69) is 21.2 Å². The van der Waals surface area contributed by atoms with Crippen molar-refractivity contribution in [1.29, 1.82) is 0 Å². The maximum Gasteiger partial charge on any atom is 0.230 e. The molecule has 1 aromatic carbocycles. The molecule has 1 atom stereocenters. The van der Waals surface area contributed by atoms with Crippen LogP contribution in [0.1, 0.15) is 12.8 Å². The number of aliphatic hydroxyl groups excluding tert-OH is 1. The lowest BCUT2D eigenvalue weighted by Crippen LogP contribution is -2.34. The zero-order valence-electron chi connectivity index (χ0n) is 9.93. The Morgan fingerprint density at radius 1 is 1.44 bits per heavy atom. The van der Waals surface area contributed by atoms with E-state index in [-0.39, 0.29) is 12.0 Å². The number of nitrogens with one attached hydrogen (secondary N) is 1. The summed E-state index contributed by atoms with van der Waals surface area (Å²) in [4.78, 5) is 12.6. The van der Waals surface area contributed by atoms with Crippen molar-refractivity contribution >= 4 is 33.6 Å². The Morgan fingerprint density at radius 2 is 2.11 bits per heavy atom. The largest absolute Gasteiger partial charge is 0.391 e. The fourth-order valence-corrected chi connectivity index (χ4v) is 2.59. The molecular weight excluding hydrogens is 314 g/mol. The highest BCUT2D eigenvalue weighted by Gasteiger charge is 2.29. The Labute approximate surface area is 119 Å². The summed E-state index contributed by atoms with van der Waals surface area (Å²) in [5.41, 5.74) is 0. The molecule has 5 heteroatoms. The summed E-state index contributed by atoms with van der Waals surface area (Å²) in [7, 11) is 0. The highest BCUT2D eigenvalue weighted by atomic mass is 79.9. The second-order valence-corrected chi connectivity index (χ2v) is 6.42. The van der Waals surface area contributed by atoms with Crippen LogP contribution in [0.15, 0.2) is 33.6 Å². The van der Waals surface area contributed by atoms with Gasteiger partial charge in [-0.15, -0.1) is 11.8 Å². The summed E-state index contributed by atoms with van der Waals surface area (Å²) in [5.74, 6) is 0.769. The van der Waals surface area contributed by atoms with Crippen LogP contribution in [0.5, 0.6) is 0 Å². The molecule has 1 unspecified atom stereocenters. The number of carbonyl (C=O) groups is 1. The minimum absolute atomic E-state index is 0.0254. The summed E-state index contributed by atoms with van der Waals surface area (Å²) >= 11 is 4.87. The molecule has 1 aliphatic carbocycles. The first-order chi connectivity index (χ1) is 8.65. The number of aliphatic hydroxyl groups is 1. The van der Waals surface area contributed by atoms with Crippen LogP contribution in [0.25, 0.3) is 0 Å². The van der Waals surface area contributed by atoms with Gasteiger partial charge in [0.1, 0.15) is 0 Å². The molecule has 1 aromatic rings. The fraction of sp³-hybridized carbons (Fsp3) is 0.462. The lowest BCUT2D eigenvalue weighted by Gasteiger charge is -2.10. The van der Waals surface area contributed by atoms with Gasteiger partial charge in [0.15, 0.2) is 0 Å². The summed E-state index contributed by atoms with van der Waals surface area (Å²) in [6.07, 6.45) is 1.81. The highest BCUT2D eigenvalue weighted by Crippen LogP contribution is 2.32. The first kappa shape index (κ1) is 13.9. The molecule has 1 fully saturated rings. The van der Waals surface area contributed by atoms with Crippen LogP contribution in [0.4, 0.5) is 0 Å². The minimum atomic E-state index is -0.369. The van der Waals surface area contributed by atoms with Gasteiger partial charge in [0, 0.05) is 15.9 Å². The van der Waals surface area contributed by atoms with Crippen LogP contribution in [0, 0.1) is 5.92 Å². The van der Waals surface area contributed by atoms with Crippen LogP contribution >= 0.6 is 27.7 Å². The third-order valence-corrected chi connectivity index (χ3v) is 4.40. The number of halogens is 1. The Balaban J connectivity index is 1.66. The van der Waals surface area contributed by atoms with Crippen molar-refractivity contribution in [2.45, 2.75) is 23.8 Å². The van der Waals surface area contributed by atoms with Gasteiger partial charge in [-0.25, -0.2) is 0 Å². The van der Waals surface area contributed by atoms with E-state index in [1.54, 1.807) is 0 Å². The van der Waals surface area contributed by atoms with E-state index in [9.17, 15) is 9.90 Å². The Kier molecular flexibility index (Phi) is 5.09. The monoisotopic (exact) mass is 329 g/mol. The SMILES string of the molecule is O=C(CSc1ccc(Br)cc1)NCC(O)C1CC1. The molecule has 2 rings (SSSR count). The molecule has 1 saturated carbocycles. The van der Waals surface area contributed by atoms with Crippen molar-refractivity contribution in [1.82, 2.24) is 5.32 Å². The van der Waals surface area contributed by atoms with E-state index < -0.39 is 0 Å². The van der Waals surface area contributed by atoms with E-state index in [0.29, 0.717) is 18.2 Å². The quantitative estimate of drug-likeness (QED) is 0.788. The predicted octanol–water partition coefficient (Wildman–Crippen LogP) is 2.43. The molecular formula is C13H16BrNO2S. The van der Waals surface area contributed by atoms with Gasteiger partial charge >= 0.3 is 0 Å². The fourth-order valence-electron chi connectivity index (χ4n) is 1.60. The van der Waals surface area contributed by atoms with Gasteiger partial charge in [0.05, 0.1) is 11.9 Å². The van der Waals surface area contributed by atoms with Crippen molar-refractivity contribution < 1.29 is 9.90 Å². The van der Waals surface area contributed by atoms with Crippen LogP contribution in [-0.4, -0.2) is 29.4 Å². The average Bonchev–Trinajstić information content (AvgIpc) is 3.19. The Hall–Kier alpha value is -0.520. The molecule has 0 radical (unpaired) electrons. The van der Waals surface area contributed by atoms with Gasteiger partial charge in [-0.05, 0) is 43.0 Å². The maximum absolute atomic E-state index is 11.6. The third kappa shape index (κ3) is 4.63. The number of hydrogen-bond acceptors (Lipinski definition) is 3. The lowest BCUT2D eigenvalue weighted by atomic mass is 10.2. The molecule has 0 bridgehead atoms. The normalized spacial score (nSPS) is 16.3. The van der Waals surface area contributed by atoms with E-state index >= 15 is 0 Å². The van der Waals surface area contributed by atoms with E-state index in [4.69, 9.17) is 0 Å². The van der Waals surface area contributed by atoms with Gasteiger partial charge in [-0.3, -0.25) is 4.79 Å². The van der Waals surface area contributed by atoms with Crippen LogP contribution in [0.2, 0.25) is 0 Å². The van der Waals surface area contributed by atoms with Crippen molar-refractivity contribution in [3.05, 3.63) is 28.7 Å². The summed E-state index contributed by atoms with van der Waals surface area (Å²) in [6, 6.07) is 7.86. The predicted molar refractivity (Wildman–Crippen MR) is 76.6 cm³/mol. The molecule has 0 saturated heterocycles. The number of rotatable bonds is 6.